The number of hydrogen-bond acceptors (Lipinski definition) is 2. The molecule has 0 aliphatic heterocycles. The van der Waals surface area contributed by atoms with Gasteiger partial charge in [-0.1, -0.05) is 0 Å². The predicted molar refractivity (Wildman–Crippen MR) is 45.7 cm³/mol. The van der Waals surface area contributed by atoms with E-state index in [0.29, 0.717) is 0 Å². The molecule has 1 fully saturated rings. The minimum absolute atomic E-state index is 0.252. The lowest BCUT2D eigenvalue weighted by molar-refractivity contribution is -0.122. The molecule has 12 heavy (non-hydrogen) atoms. The molecule has 1 aliphatic rings. The van der Waals surface area contributed by atoms with Crippen molar-refractivity contribution in [2.45, 2.75) is 37.1 Å². The number of rotatable bonds is 2. The predicted octanol–water partition coefficient (Wildman–Crippen LogP) is 1.18. The van der Waals surface area contributed by atoms with Crippen LogP contribution in [0.3, 0.4) is 0 Å². The zero-order valence-electron chi connectivity index (χ0n) is 6.93. The number of carbonyl (C=O) groups is 1. The Morgan fingerprint density at radius 3 is 2.58 bits per heavy atom. The van der Waals surface area contributed by atoms with Gasteiger partial charge in [-0.3, -0.25) is 4.79 Å². The Hall–Kier alpha value is -0.750. The molecule has 1 unspecified atom stereocenters. The maximum atomic E-state index is 11.1. The summed E-state index contributed by atoms with van der Waals surface area (Å²) >= 11 is 5.55. The summed E-state index contributed by atoms with van der Waals surface area (Å²) in [5, 5.41) is 10.8. The van der Waals surface area contributed by atoms with Crippen molar-refractivity contribution in [1.82, 2.24) is 5.32 Å². The van der Waals surface area contributed by atoms with Crippen molar-refractivity contribution in [3.8, 4) is 6.07 Å². The molecule has 1 amide bonds. The average molecular weight is 187 g/mol. The number of halogens is 1. The molecular formula is C8H11ClN2O. The SMILES string of the molecule is CC(Cl)C(=O)NC1(C#N)CCC1. The van der Waals surface area contributed by atoms with Gasteiger partial charge in [0.1, 0.15) is 10.9 Å². The molecule has 1 rings (SSSR count). The highest BCUT2D eigenvalue weighted by molar-refractivity contribution is 6.30. The maximum absolute atomic E-state index is 11.1. The number of alkyl halides is 1. The van der Waals surface area contributed by atoms with Crippen LogP contribution in [0, 0.1) is 11.3 Å². The van der Waals surface area contributed by atoms with Crippen molar-refractivity contribution in [3.05, 3.63) is 0 Å². The van der Waals surface area contributed by atoms with Gasteiger partial charge in [-0.15, -0.1) is 11.6 Å². The smallest absolute Gasteiger partial charge is 0.239 e. The summed E-state index contributed by atoms with van der Waals surface area (Å²) in [5.74, 6) is -0.252. The summed E-state index contributed by atoms with van der Waals surface area (Å²) in [5.41, 5.74) is -0.611. The van der Waals surface area contributed by atoms with Crippen LogP contribution in [0.1, 0.15) is 26.2 Å². The van der Waals surface area contributed by atoms with Crippen molar-refractivity contribution >= 4 is 17.5 Å². The molecule has 0 spiro atoms. The first-order valence-electron chi connectivity index (χ1n) is 3.97. The quantitative estimate of drug-likeness (QED) is 0.659. The lowest BCUT2D eigenvalue weighted by atomic mass is 9.78. The van der Waals surface area contributed by atoms with Crippen LogP contribution < -0.4 is 5.32 Å². The van der Waals surface area contributed by atoms with Gasteiger partial charge >= 0.3 is 0 Å². The molecule has 1 aliphatic carbocycles. The van der Waals surface area contributed by atoms with Crippen LogP contribution in [-0.4, -0.2) is 16.8 Å². The summed E-state index contributed by atoms with van der Waals surface area (Å²) in [6, 6.07) is 2.11. The van der Waals surface area contributed by atoms with Crippen LogP contribution in [0.15, 0.2) is 0 Å². The molecule has 1 saturated carbocycles. The molecule has 0 radical (unpaired) electrons. The van der Waals surface area contributed by atoms with Gasteiger partial charge in [0.05, 0.1) is 6.07 Å². The van der Waals surface area contributed by atoms with Gasteiger partial charge in [-0.25, -0.2) is 0 Å². The van der Waals surface area contributed by atoms with Crippen LogP contribution >= 0.6 is 11.6 Å². The van der Waals surface area contributed by atoms with Crippen molar-refractivity contribution in [1.29, 1.82) is 5.26 Å². The van der Waals surface area contributed by atoms with E-state index in [1.54, 1.807) is 6.92 Å². The molecule has 4 heteroatoms. The number of hydrogen-bond donors (Lipinski definition) is 1. The highest BCUT2D eigenvalue weighted by Gasteiger charge is 2.39. The number of nitrogens with one attached hydrogen (secondary N) is 1. The second kappa shape index (κ2) is 3.32. The van der Waals surface area contributed by atoms with Gasteiger partial charge in [-0.05, 0) is 26.2 Å². The third-order valence-corrected chi connectivity index (χ3v) is 2.34. The van der Waals surface area contributed by atoms with Gasteiger partial charge in [0, 0.05) is 0 Å². The van der Waals surface area contributed by atoms with Crippen LogP contribution in [-0.2, 0) is 4.79 Å². The van der Waals surface area contributed by atoms with Gasteiger partial charge in [-0.2, -0.15) is 5.26 Å². The largest absolute Gasteiger partial charge is 0.337 e. The number of nitrogens with zero attached hydrogens (tertiary/aromatic N) is 1. The first-order chi connectivity index (χ1) is 5.59. The normalized spacial score (nSPS) is 21.8. The van der Waals surface area contributed by atoms with Crippen LogP contribution in [0.4, 0.5) is 0 Å². The van der Waals surface area contributed by atoms with Crippen LogP contribution in [0.5, 0.6) is 0 Å². The maximum Gasteiger partial charge on any atom is 0.239 e. The molecule has 0 aromatic heterocycles. The van der Waals surface area contributed by atoms with Crippen molar-refractivity contribution in [2.24, 2.45) is 0 Å². The average Bonchev–Trinajstić information content (AvgIpc) is 1.96. The Morgan fingerprint density at radius 1 is 1.75 bits per heavy atom. The Morgan fingerprint density at radius 2 is 2.33 bits per heavy atom. The Balaban J connectivity index is 2.50. The van der Waals surface area contributed by atoms with E-state index in [0.717, 1.165) is 19.3 Å². The third-order valence-electron chi connectivity index (χ3n) is 2.14. The standard InChI is InChI=1S/C8H11ClN2O/c1-6(9)7(12)11-8(5-10)3-2-4-8/h6H,2-4H2,1H3,(H,11,12). The zero-order valence-corrected chi connectivity index (χ0v) is 7.69. The first-order valence-corrected chi connectivity index (χ1v) is 4.41. The van der Waals surface area contributed by atoms with Crippen LogP contribution in [0.25, 0.3) is 0 Å². The van der Waals surface area contributed by atoms with E-state index in [1.807, 2.05) is 0 Å². The second-order valence-corrected chi connectivity index (χ2v) is 3.81. The monoisotopic (exact) mass is 186 g/mol. The molecule has 1 N–H and O–H groups in total. The summed E-state index contributed by atoms with van der Waals surface area (Å²) < 4.78 is 0. The van der Waals surface area contributed by atoms with Crippen molar-refractivity contribution < 1.29 is 4.79 Å². The second-order valence-electron chi connectivity index (χ2n) is 3.15. The van der Waals surface area contributed by atoms with E-state index in [1.165, 1.54) is 0 Å². The molecule has 0 aromatic carbocycles. The highest BCUT2D eigenvalue weighted by atomic mass is 35.5. The van der Waals surface area contributed by atoms with Crippen LogP contribution in [0.2, 0.25) is 0 Å². The molecule has 0 saturated heterocycles. The van der Waals surface area contributed by atoms with E-state index >= 15 is 0 Å². The zero-order chi connectivity index (χ0) is 9.19. The highest BCUT2D eigenvalue weighted by Crippen LogP contribution is 2.31. The van der Waals surface area contributed by atoms with Crippen molar-refractivity contribution in [3.63, 3.8) is 0 Å². The lowest BCUT2D eigenvalue weighted by Crippen LogP contribution is -2.54. The molecule has 0 aromatic rings. The number of nitriles is 1. The topological polar surface area (TPSA) is 52.9 Å². The number of amides is 1. The van der Waals surface area contributed by atoms with Gasteiger partial charge in [0.15, 0.2) is 0 Å². The Kier molecular flexibility index (Phi) is 2.58. The molecule has 0 heterocycles. The molecule has 0 bridgehead atoms. The van der Waals surface area contributed by atoms with Crippen molar-refractivity contribution in [2.75, 3.05) is 0 Å². The summed E-state index contributed by atoms with van der Waals surface area (Å²) in [6.45, 7) is 1.60. The molecular weight excluding hydrogens is 176 g/mol. The Labute approximate surface area is 76.7 Å². The summed E-state index contributed by atoms with van der Waals surface area (Å²) in [4.78, 5) is 11.1. The minimum Gasteiger partial charge on any atom is -0.337 e. The third kappa shape index (κ3) is 1.70. The molecule has 66 valence electrons. The van der Waals surface area contributed by atoms with E-state index in [-0.39, 0.29) is 5.91 Å². The summed E-state index contributed by atoms with van der Waals surface area (Å²) in [6.07, 6.45) is 2.50. The fraction of sp³-hybridized carbons (Fsp3) is 0.750. The minimum atomic E-state index is -0.611. The van der Waals surface area contributed by atoms with Gasteiger partial charge in [0.25, 0.3) is 0 Å². The van der Waals surface area contributed by atoms with E-state index in [9.17, 15) is 4.79 Å². The number of carbonyl (C=O) groups excluding carboxylic acids is 1. The van der Waals surface area contributed by atoms with Gasteiger partial charge < -0.3 is 5.32 Å². The first kappa shape index (κ1) is 9.34. The fourth-order valence-corrected chi connectivity index (χ4v) is 1.18. The fourth-order valence-electron chi connectivity index (χ4n) is 1.13. The van der Waals surface area contributed by atoms with E-state index < -0.39 is 10.9 Å². The Bertz CT molecular complexity index is 228. The molecule has 1 atom stereocenters. The lowest BCUT2D eigenvalue weighted by Gasteiger charge is -2.36. The molecule has 3 nitrogen and oxygen atoms in total. The summed E-state index contributed by atoms with van der Waals surface area (Å²) in [7, 11) is 0. The van der Waals surface area contributed by atoms with Gasteiger partial charge in [0.2, 0.25) is 5.91 Å². The van der Waals surface area contributed by atoms with E-state index in [2.05, 4.69) is 11.4 Å². The van der Waals surface area contributed by atoms with E-state index in [4.69, 9.17) is 16.9 Å².